The summed E-state index contributed by atoms with van der Waals surface area (Å²) in [6.45, 7) is 5.19. The fourth-order valence-electron chi connectivity index (χ4n) is 1.37. The van der Waals surface area contributed by atoms with E-state index in [4.69, 9.17) is 0 Å². The molecule has 1 rings (SSSR count). The van der Waals surface area contributed by atoms with Gasteiger partial charge < -0.3 is 9.64 Å². The second kappa shape index (κ2) is 5.14. The minimum Gasteiger partial charge on any atom is -0.416 e. The Morgan fingerprint density at radius 2 is 2.13 bits per heavy atom. The summed E-state index contributed by atoms with van der Waals surface area (Å²) in [5, 5.41) is 0. The van der Waals surface area contributed by atoms with E-state index >= 15 is 0 Å². The Hall–Kier alpha value is -1.84. The van der Waals surface area contributed by atoms with Crippen molar-refractivity contribution in [1.82, 2.24) is 0 Å². The van der Waals surface area contributed by atoms with E-state index < -0.39 is 0 Å². The van der Waals surface area contributed by atoms with E-state index in [2.05, 4.69) is 4.74 Å². The Morgan fingerprint density at radius 1 is 1.47 bits per heavy atom. The highest BCUT2D eigenvalue weighted by atomic mass is 16.5. The standard InChI is InChI=1S/C11H12NO3/c1-3-12(9(2)14)10-6-4-5-7-11(10)15-8-13/h4-7H,3H2,1-2H3. The number of amides is 1. The van der Waals surface area contributed by atoms with E-state index in [0.717, 1.165) is 0 Å². The molecule has 1 radical (unpaired) electrons. The van der Waals surface area contributed by atoms with Gasteiger partial charge in [-0.25, -0.2) is 4.79 Å². The minimum atomic E-state index is -0.0977. The number of rotatable bonds is 4. The van der Waals surface area contributed by atoms with Crippen LogP contribution in [0.4, 0.5) is 5.69 Å². The third kappa shape index (κ3) is 2.56. The van der Waals surface area contributed by atoms with Crippen LogP contribution < -0.4 is 9.64 Å². The van der Waals surface area contributed by atoms with Gasteiger partial charge in [0.2, 0.25) is 5.91 Å². The lowest BCUT2D eigenvalue weighted by molar-refractivity contribution is -0.116. The van der Waals surface area contributed by atoms with Crippen LogP contribution in [-0.2, 0) is 9.59 Å². The lowest BCUT2D eigenvalue weighted by atomic mass is 10.2. The van der Waals surface area contributed by atoms with E-state index in [1.54, 1.807) is 24.3 Å². The minimum absolute atomic E-state index is 0.0977. The van der Waals surface area contributed by atoms with Crippen molar-refractivity contribution in [2.24, 2.45) is 0 Å². The molecule has 0 saturated heterocycles. The zero-order valence-corrected chi connectivity index (χ0v) is 8.69. The van der Waals surface area contributed by atoms with E-state index in [-0.39, 0.29) is 5.91 Å². The molecule has 4 nitrogen and oxygen atoms in total. The van der Waals surface area contributed by atoms with Crippen LogP contribution in [0.1, 0.15) is 13.8 Å². The van der Waals surface area contributed by atoms with E-state index in [0.29, 0.717) is 18.0 Å². The van der Waals surface area contributed by atoms with Crippen molar-refractivity contribution in [3.8, 4) is 5.75 Å². The highest BCUT2D eigenvalue weighted by Gasteiger charge is 2.13. The molecule has 0 unspecified atom stereocenters. The van der Waals surface area contributed by atoms with Crippen molar-refractivity contribution < 1.29 is 14.3 Å². The summed E-state index contributed by atoms with van der Waals surface area (Å²) in [5.74, 6) is 0.240. The number of nitrogens with zero attached hydrogens (tertiary/aromatic N) is 1. The van der Waals surface area contributed by atoms with Gasteiger partial charge >= 0.3 is 6.47 Å². The van der Waals surface area contributed by atoms with Crippen molar-refractivity contribution in [2.45, 2.75) is 13.8 Å². The van der Waals surface area contributed by atoms with Crippen molar-refractivity contribution in [1.29, 1.82) is 0 Å². The average molecular weight is 206 g/mol. The fourth-order valence-corrected chi connectivity index (χ4v) is 1.37. The molecule has 4 heteroatoms. The summed E-state index contributed by atoms with van der Waals surface area (Å²) >= 11 is 0. The number of carbonyl (C=O) groups is 1. The number of ether oxygens (including phenoxy) is 1. The second-order valence-corrected chi connectivity index (χ2v) is 2.92. The Kier molecular flexibility index (Phi) is 3.85. The van der Waals surface area contributed by atoms with Crippen LogP contribution >= 0.6 is 0 Å². The summed E-state index contributed by atoms with van der Waals surface area (Å²) < 4.78 is 4.67. The van der Waals surface area contributed by atoms with Crippen molar-refractivity contribution in [2.75, 3.05) is 11.4 Å². The Bertz CT molecular complexity index is 363. The lowest BCUT2D eigenvalue weighted by Crippen LogP contribution is -2.28. The first-order chi connectivity index (χ1) is 7.20. The summed E-state index contributed by atoms with van der Waals surface area (Å²) in [5.41, 5.74) is 0.579. The molecule has 0 fully saturated rings. The number of hydrogen-bond acceptors (Lipinski definition) is 3. The maximum absolute atomic E-state index is 11.3. The number of hydrogen-bond donors (Lipinski definition) is 0. The summed E-state index contributed by atoms with van der Waals surface area (Å²) in [6.07, 6.45) is 0. The van der Waals surface area contributed by atoms with Crippen molar-refractivity contribution in [3.63, 3.8) is 0 Å². The molecular formula is C11H12NO3. The van der Waals surface area contributed by atoms with Gasteiger partial charge in [0, 0.05) is 13.5 Å². The van der Waals surface area contributed by atoms with Gasteiger partial charge in [-0.1, -0.05) is 12.1 Å². The zero-order valence-electron chi connectivity index (χ0n) is 8.69. The van der Waals surface area contributed by atoms with E-state index in [1.807, 2.05) is 6.92 Å². The van der Waals surface area contributed by atoms with Crippen LogP contribution in [0.5, 0.6) is 5.75 Å². The number of carbonyl (C=O) groups excluding carboxylic acids is 2. The first-order valence-corrected chi connectivity index (χ1v) is 4.61. The third-order valence-corrected chi connectivity index (χ3v) is 2.00. The molecule has 0 bridgehead atoms. The maximum Gasteiger partial charge on any atom is 0.423 e. The molecule has 1 amide bonds. The summed E-state index contributed by atoms with van der Waals surface area (Å²) in [7, 11) is 0. The van der Waals surface area contributed by atoms with Gasteiger partial charge in [0.25, 0.3) is 0 Å². The number of para-hydroxylation sites is 2. The molecule has 0 aliphatic rings. The van der Waals surface area contributed by atoms with Crippen LogP contribution in [0, 0.1) is 0 Å². The predicted octanol–water partition coefficient (Wildman–Crippen LogP) is 1.51. The van der Waals surface area contributed by atoms with Gasteiger partial charge in [0.15, 0.2) is 5.75 Å². The molecule has 0 aliphatic carbocycles. The molecule has 0 aliphatic heterocycles. The smallest absolute Gasteiger partial charge is 0.416 e. The average Bonchev–Trinajstić information content (AvgIpc) is 2.21. The maximum atomic E-state index is 11.3. The van der Waals surface area contributed by atoms with Crippen LogP contribution in [0.3, 0.4) is 0 Å². The second-order valence-electron chi connectivity index (χ2n) is 2.92. The van der Waals surface area contributed by atoms with Crippen LogP contribution in [0.15, 0.2) is 24.3 Å². The van der Waals surface area contributed by atoms with Crippen LogP contribution in [0.25, 0.3) is 0 Å². The summed E-state index contributed by atoms with van der Waals surface area (Å²) in [6, 6.07) is 6.84. The van der Waals surface area contributed by atoms with Crippen LogP contribution in [-0.4, -0.2) is 18.9 Å². The highest BCUT2D eigenvalue weighted by Crippen LogP contribution is 2.27. The number of anilines is 1. The quantitative estimate of drug-likeness (QED) is 0.750. The zero-order chi connectivity index (χ0) is 11.3. The van der Waals surface area contributed by atoms with Crippen LogP contribution in [0.2, 0.25) is 0 Å². The van der Waals surface area contributed by atoms with Gasteiger partial charge in [-0.15, -0.1) is 0 Å². The Balaban J connectivity index is 3.09. The Labute approximate surface area is 88.5 Å². The molecular weight excluding hydrogens is 194 g/mol. The van der Waals surface area contributed by atoms with Crippen molar-refractivity contribution >= 4 is 18.1 Å². The topological polar surface area (TPSA) is 46.6 Å². The molecule has 1 aromatic carbocycles. The largest absolute Gasteiger partial charge is 0.423 e. The highest BCUT2D eigenvalue weighted by molar-refractivity contribution is 5.93. The predicted molar refractivity (Wildman–Crippen MR) is 56.5 cm³/mol. The van der Waals surface area contributed by atoms with Gasteiger partial charge in [0.05, 0.1) is 5.69 Å². The van der Waals surface area contributed by atoms with Gasteiger partial charge in [-0.05, 0) is 19.1 Å². The third-order valence-electron chi connectivity index (χ3n) is 2.00. The molecule has 0 N–H and O–H groups in total. The van der Waals surface area contributed by atoms with E-state index in [1.165, 1.54) is 18.3 Å². The molecule has 1 aromatic rings. The monoisotopic (exact) mass is 206 g/mol. The molecule has 15 heavy (non-hydrogen) atoms. The normalized spacial score (nSPS) is 9.47. The molecule has 0 aromatic heterocycles. The van der Waals surface area contributed by atoms with Gasteiger partial charge in [0.1, 0.15) is 0 Å². The molecule has 0 heterocycles. The molecule has 79 valence electrons. The molecule has 0 spiro atoms. The summed E-state index contributed by atoms with van der Waals surface area (Å²) in [4.78, 5) is 23.0. The first kappa shape index (κ1) is 11.2. The van der Waals surface area contributed by atoms with Crippen molar-refractivity contribution in [3.05, 3.63) is 24.3 Å². The first-order valence-electron chi connectivity index (χ1n) is 4.61. The fraction of sp³-hybridized carbons (Fsp3) is 0.273. The number of benzene rings is 1. The SMILES string of the molecule is CCN(C(C)=O)c1ccccc1O[C]=O. The Morgan fingerprint density at radius 3 is 2.67 bits per heavy atom. The molecule has 0 saturated carbocycles. The van der Waals surface area contributed by atoms with E-state index in [9.17, 15) is 9.59 Å². The lowest BCUT2D eigenvalue weighted by Gasteiger charge is -2.20. The van der Waals surface area contributed by atoms with Gasteiger partial charge in [-0.2, -0.15) is 0 Å². The molecule has 0 atom stereocenters. The van der Waals surface area contributed by atoms with Gasteiger partial charge in [-0.3, -0.25) is 4.79 Å².